The van der Waals surface area contributed by atoms with Crippen molar-refractivity contribution in [3.05, 3.63) is 29.5 Å². The van der Waals surface area contributed by atoms with E-state index in [1.165, 1.54) is 6.92 Å². The molecule has 2 rings (SSSR count). The van der Waals surface area contributed by atoms with Gasteiger partial charge in [0.05, 0.1) is 12.2 Å². The summed E-state index contributed by atoms with van der Waals surface area (Å²) in [7, 11) is 3.57. The molecule has 0 bridgehead atoms. The zero-order valence-corrected chi connectivity index (χ0v) is 15.5. The summed E-state index contributed by atoms with van der Waals surface area (Å²) in [4.78, 5) is 38.1. The largest absolute Gasteiger partial charge is 0.453 e. The Bertz CT molecular complexity index is 841. The summed E-state index contributed by atoms with van der Waals surface area (Å²) in [6.45, 7) is 7.08. The smallest absolute Gasteiger partial charge is 0.238 e. The van der Waals surface area contributed by atoms with Gasteiger partial charge in [-0.15, -0.1) is 0 Å². The Hall–Kier alpha value is -2.47. The highest BCUT2D eigenvalue weighted by atomic mass is 16.3. The van der Waals surface area contributed by atoms with E-state index >= 15 is 0 Å². The van der Waals surface area contributed by atoms with Gasteiger partial charge in [0.25, 0.3) is 0 Å². The first-order valence-corrected chi connectivity index (χ1v) is 8.07. The van der Waals surface area contributed by atoms with Crippen LogP contribution < -0.4 is 5.32 Å². The van der Waals surface area contributed by atoms with Crippen molar-refractivity contribution < 1.29 is 18.8 Å². The summed E-state index contributed by atoms with van der Waals surface area (Å²) >= 11 is 0. The van der Waals surface area contributed by atoms with Crippen molar-refractivity contribution in [1.29, 1.82) is 0 Å². The standard InChI is InChI=1S/C19H24N2O4/c1-11(22)13-7-12-8-16(18(24)19(2,3)4)25-15(12)9-14(13)20-17(23)10-21(5)6/h7-9H,10H2,1-6H3,(H,20,23). The molecule has 0 aliphatic heterocycles. The Morgan fingerprint density at radius 3 is 2.28 bits per heavy atom. The first-order valence-electron chi connectivity index (χ1n) is 8.07. The highest BCUT2D eigenvalue weighted by molar-refractivity contribution is 6.08. The second-order valence-electron chi connectivity index (χ2n) is 7.47. The first-order chi connectivity index (χ1) is 11.5. The number of ketones is 2. The molecule has 25 heavy (non-hydrogen) atoms. The SMILES string of the molecule is CC(=O)c1cc2cc(C(=O)C(C)(C)C)oc2cc1NC(=O)CN(C)C. The molecule has 1 aromatic carbocycles. The average Bonchev–Trinajstić information content (AvgIpc) is 2.85. The lowest BCUT2D eigenvalue weighted by Crippen LogP contribution is -2.27. The van der Waals surface area contributed by atoms with E-state index in [0.29, 0.717) is 22.2 Å². The Morgan fingerprint density at radius 1 is 1.12 bits per heavy atom. The number of hydrogen-bond donors (Lipinski definition) is 1. The molecule has 134 valence electrons. The van der Waals surface area contributed by atoms with Crippen LogP contribution in [0.2, 0.25) is 0 Å². The lowest BCUT2D eigenvalue weighted by molar-refractivity contribution is -0.116. The molecule has 0 saturated heterocycles. The molecule has 0 atom stereocenters. The highest BCUT2D eigenvalue weighted by Crippen LogP contribution is 2.30. The maximum absolute atomic E-state index is 12.4. The van der Waals surface area contributed by atoms with Gasteiger partial charge in [-0.1, -0.05) is 20.8 Å². The van der Waals surface area contributed by atoms with Crippen LogP contribution in [0.15, 0.2) is 22.6 Å². The normalized spacial score (nSPS) is 11.8. The Balaban J connectivity index is 2.48. The number of carbonyl (C=O) groups is 3. The summed E-state index contributed by atoms with van der Waals surface area (Å²) in [5.41, 5.74) is 0.656. The topological polar surface area (TPSA) is 79.6 Å². The van der Waals surface area contributed by atoms with E-state index in [1.807, 2.05) is 20.8 Å². The molecule has 6 heteroatoms. The van der Waals surface area contributed by atoms with Gasteiger partial charge in [0, 0.05) is 22.4 Å². The van der Waals surface area contributed by atoms with E-state index < -0.39 is 5.41 Å². The number of anilines is 1. The Morgan fingerprint density at radius 2 is 1.76 bits per heavy atom. The minimum absolute atomic E-state index is 0.119. The third-order valence-electron chi connectivity index (χ3n) is 3.67. The second kappa shape index (κ2) is 6.80. The van der Waals surface area contributed by atoms with Crippen molar-refractivity contribution in [3.63, 3.8) is 0 Å². The Kier molecular flexibility index (Phi) is 5.13. The zero-order valence-electron chi connectivity index (χ0n) is 15.5. The number of rotatable bonds is 5. The van der Waals surface area contributed by atoms with Crippen LogP contribution >= 0.6 is 0 Å². The summed E-state index contributed by atoms with van der Waals surface area (Å²) in [6.07, 6.45) is 0. The number of Topliss-reactive ketones (excluding diaryl/α,β-unsaturated/α-hetero) is 2. The number of fused-ring (bicyclic) bond motifs is 1. The minimum Gasteiger partial charge on any atom is -0.453 e. The van der Waals surface area contributed by atoms with E-state index in [-0.39, 0.29) is 29.8 Å². The summed E-state index contributed by atoms with van der Waals surface area (Å²) in [5, 5.41) is 3.39. The van der Waals surface area contributed by atoms with Gasteiger partial charge < -0.3 is 14.6 Å². The van der Waals surface area contributed by atoms with E-state index in [9.17, 15) is 14.4 Å². The van der Waals surface area contributed by atoms with Crippen LogP contribution in [0.1, 0.15) is 48.6 Å². The Labute approximate surface area is 147 Å². The van der Waals surface area contributed by atoms with Gasteiger partial charge in [-0.3, -0.25) is 14.4 Å². The first kappa shape index (κ1) is 18.9. The number of nitrogens with zero attached hydrogens (tertiary/aromatic N) is 1. The zero-order chi connectivity index (χ0) is 18.9. The van der Waals surface area contributed by atoms with Crippen LogP contribution in [-0.4, -0.2) is 43.0 Å². The highest BCUT2D eigenvalue weighted by Gasteiger charge is 2.26. The maximum Gasteiger partial charge on any atom is 0.238 e. The summed E-state index contributed by atoms with van der Waals surface area (Å²) < 4.78 is 5.67. The van der Waals surface area contributed by atoms with E-state index in [0.717, 1.165) is 0 Å². The maximum atomic E-state index is 12.4. The van der Waals surface area contributed by atoms with E-state index in [4.69, 9.17) is 4.42 Å². The number of hydrogen-bond acceptors (Lipinski definition) is 5. The number of likely N-dealkylation sites (N-methyl/N-ethyl adjacent to an activating group) is 1. The van der Waals surface area contributed by atoms with E-state index in [2.05, 4.69) is 5.32 Å². The number of furan rings is 1. The van der Waals surface area contributed by atoms with Crippen molar-refractivity contribution in [2.24, 2.45) is 5.41 Å². The fraction of sp³-hybridized carbons (Fsp3) is 0.421. The molecule has 0 spiro atoms. The molecule has 2 aromatic rings. The molecule has 0 aliphatic carbocycles. The predicted molar refractivity (Wildman–Crippen MR) is 97.2 cm³/mol. The van der Waals surface area contributed by atoms with Gasteiger partial charge in [0.15, 0.2) is 11.5 Å². The van der Waals surface area contributed by atoms with Crippen LogP contribution in [0.5, 0.6) is 0 Å². The van der Waals surface area contributed by atoms with Gasteiger partial charge >= 0.3 is 0 Å². The third-order valence-corrected chi connectivity index (χ3v) is 3.67. The molecule has 1 N–H and O–H groups in total. The van der Waals surface area contributed by atoms with Crippen molar-refractivity contribution in [1.82, 2.24) is 4.90 Å². The fourth-order valence-electron chi connectivity index (χ4n) is 2.44. The quantitative estimate of drug-likeness (QED) is 0.841. The molecule has 1 aromatic heterocycles. The number of carbonyl (C=O) groups excluding carboxylic acids is 3. The summed E-state index contributed by atoms with van der Waals surface area (Å²) in [6, 6.07) is 4.88. The minimum atomic E-state index is -0.569. The molecule has 1 amide bonds. The molecule has 0 fully saturated rings. The predicted octanol–water partition coefficient (Wildman–Crippen LogP) is 3.36. The number of nitrogens with one attached hydrogen (secondary N) is 1. The monoisotopic (exact) mass is 344 g/mol. The van der Waals surface area contributed by atoms with Crippen LogP contribution in [0.25, 0.3) is 11.0 Å². The lowest BCUT2D eigenvalue weighted by atomic mass is 9.89. The van der Waals surface area contributed by atoms with Crippen molar-refractivity contribution in [2.75, 3.05) is 26.0 Å². The van der Waals surface area contributed by atoms with Gasteiger partial charge in [0.2, 0.25) is 11.7 Å². The molecule has 0 unspecified atom stereocenters. The van der Waals surface area contributed by atoms with Crippen LogP contribution in [0, 0.1) is 5.41 Å². The lowest BCUT2D eigenvalue weighted by Gasteiger charge is -2.13. The van der Waals surface area contributed by atoms with Crippen LogP contribution in [0.3, 0.4) is 0 Å². The molecular formula is C19H24N2O4. The molecule has 6 nitrogen and oxygen atoms in total. The van der Waals surface area contributed by atoms with Gasteiger partial charge in [-0.2, -0.15) is 0 Å². The van der Waals surface area contributed by atoms with Crippen molar-refractivity contribution in [3.8, 4) is 0 Å². The van der Waals surface area contributed by atoms with Gasteiger partial charge in [-0.05, 0) is 33.2 Å². The third kappa shape index (κ3) is 4.33. The van der Waals surface area contributed by atoms with Crippen LogP contribution in [0.4, 0.5) is 5.69 Å². The average molecular weight is 344 g/mol. The second-order valence-corrected chi connectivity index (χ2v) is 7.47. The molecule has 1 heterocycles. The van der Waals surface area contributed by atoms with Gasteiger partial charge in [-0.25, -0.2) is 0 Å². The molecule has 0 radical (unpaired) electrons. The molecule has 0 saturated carbocycles. The fourth-order valence-corrected chi connectivity index (χ4v) is 2.44. The van der Waals surface area contributed by atoms with Crippen molar-refractivity contribution in [2.45, 2.75) is 27.7 Å². The van der Waals surface area contributed by atoms with E-state index in [1.54, 1.807) is 37.2 Å². The van der Waals surface area contributed by atoms with Crippen molar-refractivity contribution >= 4 is 34.1 Å². The van der Waals surface area contributed by atoms with Crippen LogP contribution in [-0.2, 0) is 4.79 Å². The molecular weight excluding hydrogens is 320 g/mol. The molecule has 0 aliphatic rings. The van der Waals surface area contributed by atoms with Gasteiger partial charge in [0.1, 0.15) is 5.58 Å². The number of amides is 1. The summed E-state index contributed by atoms with van der Waals surface area (Å²) in [5.74, 6) is -0.281. The number of benzene rings is 1.